The molecule has 218 valence electrons. The molecule has 0 aliphatic heterocycles. The van der Waals surface area contributed by atoms with Crippen molar-refractivity contribution in [3.05, 3.63) is 151 Å². The Morgan fingerprint density at radius 3 is 1.40 bits per heavy atom. The fourth-order valence-corrected chi connectivity index (χ4v) is 6.01. The van der Waals surface area contributed by atoms with Crippen LogP contribution in [0.1, 0.15) is 11.1 Å². The minimum absolute atomic E-state index is 0.376. The van der Waals surface area contributed by atoms with Gasteiger partial charge in [0.05, 0.1) is 27.8 Å². The molecule has 0 amide bonds. The van der Waals surface area contributed by atoms with Crippen LogP contribution in [0.5, 0.6) is 0 Å². The zero-order valence-electron chi connectivity index (χ0n) is 24.9. The van der Waals surface area contributed by atoms with Gasteiger partial charge in [0.1, 0.15) is 12.1 Å². The van der Waals surface area contributed by atoms with E-state index in [2.05, 4.69) is 122 Å². The number of nitrogens with zero attached hydrogens (tertiary/aromatic N) is 7. The number of fused-ring (bicyclic) bond motifs is 3. The third-order valence-electron chi connectivity index (χ3n) is 8.28. The van der Waals surface area contributed by atoms with E-state index in [1.54, 1.807) is 0 Å². The minimum Gasteiger partial charge on any atom is -0.308 e. The van der Waals surface area contributed by atoms with Crippen molar-refractivity contribution in [3.63, 3.8) is 0 Å². The van der Waals surface area contributed by atoms with Crippen LogP contribution in [0.4, 0.5) is 0 Å². The van der Waals surface area contributed by atoms with Gasteiger partial charge in [-0.25, -0.2) is 19.9 Å². The van der Waals surface area contributed by atoms with Gasteiger partial charge in [-0.1, -0.05) is 72.8 Å². The number of aromatic nitrogens is 5. The Labute approximate surface area is 270 Å². The van der Waals surface area contributed by atoms with Crippen LogP contribution in [0.15, 0.2) is 140 Å². The lowest BCUT2D eigenvalue weighted by Gasteiger charge is -2.15. The Morgan fingerprint density at radius 1 is 0.447 bits per heavy atom. The van der Waals surface area contributed by atoms with Crippen molar-refractivity contribution < 1.29 is 0 Å². The summed E-state index contributed by atoms with van der Waals surface area (Å²) < 4.78 is 2.24. The van der Waals surface area contributed by atoms with Gasteiger partial charge in [0.25, 0.3) is 0 Å². The van der Waals surface area contributed by atoms with Crippen molar-refractivity contribution in [1.82, 2.24) is 24.5 Å². The molecule has 8 aromatic rings. The standard InChI is InChI=1S/C40H23N7/c41-20-26-22-43-39(44-23-26)32-13-16-38(35(19-32)40-45-24-27(21-42)25-46-40)47-36-14-11-30(28-7-3-1-4-8-28)17-33(36)34-18-31(12-15-37(34)47)29-9-5-2-6-10-29/h1-19,22-25H. The molecule has 7 nitrogen and oxygen atoms in total. The summed E-state index contributed by atoms with van der Waals surface area (Å²) in [6.07, 6.45) is 6.08. The summed E-state index contributed by atoms with van der Waals surface area (Å²) in [5.41, 5.74) is 9.74. The molecule has 7 heteroatoms. The molecule has 3 aromatic heterocycles. The largest absolute Gasteiger partial charge is 0.308 e. The molecule has 0 bridgehead atoms. The number of hydrogen-bond donors (Lipinski definition) is 0. The molecule has 0 N–H and O–H groups in total. The summed E-state index contributed by atoms with van der Waals surface area (Å²) in [5, 5.41) is 20.9. The van der Waals surface area contributed by atoms with Crippen LogP contribution < -0.4 is 0 Å². The van der Waals surface area contributed by atoms with Gasteiger partial charge in [-0.3, -0.25) is 0 Å². The molecule has 0 saturated heterocycles. The highest BCUT2D eigenvalue weighted by Gasteiger charge is 2.20. The minimum atomic E-state index is 0.376. The molecular weight excluding hydrogens is 578 g/mol. The van der Waals surface area contributed by atoms with Crippen molar-refractivity contribution in [3.8, 4) is 62.9 Å². The molecule has 0 radical (unpaired) electrons. The highest BCUT2D eigenvalue weighted by molar-refractivity contribution is 6.12. The van der Waals surface area contributed by atoms with E-state index in [1.807, 2.05) is 30.3 Å². The van der Waals surface area contributed by atoms with E-state index < -0.39 is 0 Å². The molecule has 0 atom stereocenters. The topological polar surface area (TPSA) is 104 Å². The Hall–Kier alpha value is -6.96. The van der Waals surface area contributed by atoms with E-state index in [0.717, 1.165) is 60.9 Å². The maximum Gasteiger partial charge on any atom is 0.161 e. The van der Waals surface area contributed by atoms with Gasteiger partial charge in [0, 0.05) is 46.7 Å². The first-order chi connectivity index (χ1) is 23.2. The Balaban J connectivity index is 1.41. The number of hydrogen-bond acceptors (Lipinski definition) is 6. The molecular formula is C40H23N7. The lowest BCUT2D eigenvalue weighted by Crippen LogP contribution is -2.01. The highest BCUT2D eigenvalue weighted by atomic mass is 15.0. The molecule has 0 aliphatic rings. The quantitative estimate of drug-likeness (QED) is 0.195. The third-order valence-corrected chi connectivity index (χ3v) is 8.28. The van der Waals surface area contributed by atoms with Gasteiger partial charge in [-0.2, -0.15) is 10.5 Å². The predicted molar refractivity (Wildman–Crippen MR) is 183 cm³/mol. The summed E-state index contributed by atoms with van der Waals surface area (Å²) in [7, 11) is 0. The normalized spacial score (nSPS) is 10.9. The molecule has 0 aliphatic carbocycles. The molecule has 3 heterocycles. The number of nitriles is 2. The van der Waals surface area contributed by atoms with E-state index in [1.165, 1.54) is 24.8 Å². The smallest absolute Gasteiger partial charge is 0.161 e. The fourth-order valence-electron chi connectivity index (χ4n) is 6.01. The fraction of sp³-hybridized carbons (Fsp3) is 0. The maximum absolute atomic E-state index is 9.41. The second kappa shape index (κ2) is 11.5. The van der Waals surface area contributed by atoms with Gasteiger partial charge < -0.3 is 4.57 Å². The van der Waals surface area contributed by atoms with Crippen LogP contribution in [0, 0.1) is 22.7 Å². The van der Waals surface area contributed by atoms with Crippen LogP contribution in [0.3, 0.4) is 0 Å². The first-order valence-electron chi connectivity index (χ1n) is 15.0. The van der Waals surface area contributed by atoms with Gasteiger partial charge in [0.15, 0.2) is 11.6 Å². The van der Waals surface area contributed by atoms with Gasteiger partial charge in [0.2, 0.25) is 0 Å². The van der Waals surface area contributed by atoms with E-state index >= 15 is 0 Å². The van der Waals surface area contributed by atoms with Crippen LogP contribution in [-0.4, -0.2) is 24.5 Å². The van der Waals surface area contributed by atoms with Crippen molar-refractivity contribution >= 4 is 21.8 Å². The van der Waals surface area contributed by atoms with E-state index in [4.69, 9.17) is 0 Å². The second-order valence-electron chi connectivity index (χ2n) is 11.1. The second-order valence-corrected chi connectivity index (χ2v) is 11.1. The van der Waals surface area contributed by atoms with Crippen LogP contribution >= 0.6 is 0 Å². The van der Waals surface area contributed by atoms with Crippen molar-refractivity contribution in [2.24, 2.45) is 0 Å². The monoisotopic (exact) mass is 601 g/mol. The molecule has 0 saturated carbocycles. The zero-order chi connectivity index (χ0) is 31.7. The molecule has 47 heavy (non-hydrogen) atoms. The summed E-state index contributed by atoms with van der Waals surface area (Å²) in [5.74, 6) is 0.943. The Morgan fingerprint density at radius 2 is 0.915 bits per heavy atom. The average molecular weight is 602 g/mol. The first kappa shape index (κ1) is 27.6. The van der Waals surface area contributed by atoms with E-state index in [-0.39, 0.29) is 0 Å². The van der Waals surface area contributed by atoms with Crippen LogP contribution in [0.2, 0.25) is 0 Å². The number of rotatable bonds is 5. The highest BCUT2D eigenvalue weighted by Crippen LogP contribution is 2.40. The molecule has 0 fully saturated rings. The number of benzene rings is 5. The summed E-state index contributed by atoms with van der Waals surface area (Å²) in [4.78, 5) is 18.0. The summed E-state index contributed by atoms with van der Waals surface area (Å²) >= 11 is 0. The first-order valence-corrected chi connectivity index (χ1v) is 15.0. The zero-order valence-corrected chi connectivity index (χ0v) is 24.9. The lowest BCUT2D eigenvalue weighted by atomic mass is 10.0. The van der Waals surface area contributed by atoms with E-state index in [0.29, 0.717) is 22.8 Å². The predicted octanol–water partition coefficient (Wildman–Crippen LogP) is 8.78. The molecule has 0 spiro atoms. The van der Waals surface area contributed by atoms with Crippen LogP contribution in [-0.2, 0) is 0 Å². The summed E-state index contributed by atoms with van der Waals surface area (Å²) in [6, 6.07) is 44.1. The Bertz CT molecular complexity index is 2410. The average Bonchev–Trinajstić information content (AvgIpc) is 3.48. The third kappa shape index (κ3) is 4.95. The van der Waals surface area contributed by atoms with E-state index in [9.17, 15) is 10.5 Å². The van der Waals surface area contributed by atoms with Crippen molar-refractivity contribution in [1.29, 1.82) is 10.5 Å². The Kier molecular flexibility index (Phi) is 6.76. The van der Waals surface area contributed by atoms with Gasteiger partial charge in [-0.05, 0) is 64.7 Å². The van der Waals surface area contributed by atoms with Gasteiger partial charge in [-0.15, -0.1) is 0 Å². The SMILES string of the molecule is N#Cc1cnc(-c2ccc(-n3c4ccc(-c5ccccc5)cc4c4cc(-c5ccccc5)ccc43)c(-c3ncc(C#N)cn3)c2)nc1. The molecule has 5 aromatic carbocycles. The molecule has 8 rings (SSSR count). The van der Waals surface area contributed by atoms with Crippen molar-refractivity contribution in [2.45, 2.75) is 0 Å². The molecule has 0 unspecified atom stereocenters. The lowest BCUT2D eigenvalue weighted by molar-refractivity contribution is 1.12. The van der Waals surface area contributed by atoms with Crippen LogP contribution in [0.25, 0.3) is 72.5 Å². The summed E-state index contributed by atoms with van der Waals surface area (Å²) in [6.45, 7) is 0. The van der Waals surface area contributed by atoms with Gasteiger partial charge >= 0.3 is 0 Å². The maximum atomic E-state index is 9.41. The van der Waals surface area contributed by atoms with Crippen molar-refractivity contribution in [2.75, 3.05) is 0 Å².